The summed E-state index contributed by atoms with van der Waals surface area (Å²) >= 11 is 7.62. The van der Waals surface area contributed by atoms with Gasteiger partial charge in [-0.15, -0.1) is 0 Å². The molecule has 0 fully saturated rings. The van der Waals surface area contributed by atoms with Gasteiger partial charge in [-0.2, -0.15) is 0 Å². The maximum absolute atomic E-state index is 12.8. The van der Waals surface area contributed by atoms with E-state index in [1.165, 1.54) is 11.8 Å². The number of imidazole rings is 1. The molecule has 29 heavy (non-hydrogen) atoms. The third-order valence-electron chi connectivity index (χ3n) is 4.42. The van der Waals surface area contributed by atoms with E-state index < -0.39 is 5.25 Å². The lowest BCUT2D eigenvalue weighted by molar-refractivity contribution is -0.115. The van der Waals surface area contributed by atoms with E-state index in [0.29, 0.717) is 27.4 Å². The Balaban J connectivity index is 1.78. The fourth-order valence-corrected chi connectivity index (χ4v) is 3.82. The van der Waals surface area contributed by atoms with Crippen LogP contribution in [0.3, 0.4) is 0 Å². The van der Waals surface area contributed by atoms with Crippen LogP contribution in [0.1, 0.15) is 12.5 Å². The van der Waals surface area contributed by atoms with Gasteiger partial charge in [-0.1, -0.05) is 29.4 Å². The average Bonchev–Trinajstić information content (AvgIpc) is 3.17. The van der Waals surface area contributed by atoms with Crippen molar-refractivity contribution in [2.45, 2.75) is 24.3 Å². The predicted molar refractivity (Wildman–Crippen MR) is 117 cm³/mol. The van der Waals surface area contributed by atoms with E-state index in [1.807, 2.05) is 42.8 Å². The fraction of sp³-hybridized carbons (Fsp3) is 0.238. The lowest BCUT2D eigenvalue weighted by Gasteiger charge is -2.16. The average molecular weight is 432 g/mol. The third kappa shape index (κ3) is 4.68. The van der Waals surface area contributed by atoms with E-state index >= 15 is 0 Å². The molecule has 1 heterocycles. The number of ether oxygens (including phenoxy) is 2. The summed E-state index contributed by atoms with van der Waals surface area (Å²) in [6.45, 7) is 3.79. The molecule has 3 rings (SSSR count). The highest BCUT2D eigenvalue weighted by Gasteiger charge is 2.20. The third-order valence-corrected chi connectivity index (χ3v) is 5.91. The first-order chi connectivity index (χ1) is 13.9. The molecule has 0 aliphatic heterocycles. The van der Waals surface area contributed by atoms with Crippen molar-refractivity contribution in [3.8, 4) is 17.2 Å². The summed E-state index contributed by atoms with van der Waals surface area (Å²) in [5.41, 5.74) is 2.44. The number of thioether (sulfide) groups is 1. The van der Waals surface area contributed by atoms with Crippen molar-refractivity contribution in [1.82, 2.24) is 9.55 Å². The zero-order chi connectivity index (χ0) is 21.0. The van der Waals surface area contributed by atoms with Crippen LogP contribution in [0, 0.1) is 6.92 Å². The molecule has 0 aliphatic rings. The van der Waals surface area contributed by atoms with Crippen LogP contribution < -0.4 is 14.8 Å². The summed E-state index contributed by atoms with van der Waals surface area (Å²) in [7, 11) is 3.13. The summed E-state index contributed by atoms with van der Waals surface area (Å²) in [6, 6.07) is 11.0. The molecule has 1 aromatic heterocycles. The number of hydrogen-bond acceptors (Lipinski definition) is 5. The Morgan fingerprint density at radius 3 is 2.76 bits per heavy atom. The highest BCUT2D eigenvalue weighted by Crippen LogP contribution is 2.32. The lowest BCUT2D eigenvalue weighted by atomic mass is 10.2. The molecule has 8 heteroatoms. The number of carbonyl (C=O) groups is 1. The van der Waals surface area contributed by atoms with Gasteiger partial charge in [0.25, 0.3) is 0 Å². The van der Waals surface area contributed by atoms with Gasteiger partial charge in [0.2, 0.25) is 5.91 Å². The zero-order valence-electron chi connectivity index (χ0n) is 16.6. The zero-order valence-corrected chi connectivity index (χ0v) is 18.2. The largest absolute Gasteiger partial charge is 0.497 e. The molecular weight excluding hydrogens is 410 g/mol. The van der Waals surface area contributed by atoms with Crippen LogP contribution in [0.5, 0.6) is 11.5 Å². The van der Waals surface area contributed by atoms with Gasteiger partial charge in [0, 0.05) is 23.5 Å². The first-order valence-electron chi connectivity index (χ1n) is 8.93. The maximum Gasteiger partial charge on any atom is 0.237 e. The Hall–Kier alpha value is -2.64. The van der Waals surface area contributed by atoms with Gasteiger partial charge < -0.3 is 14.8 Å². The highest BCUT2D eigenvalue weighted by molar-refractivity contribution is 8.00. The number of aromatic nitrogens is 2. The number of carbonyl (C=O) groups excluding carboxylic acids is 1. The van der Waals surface area contributed by atoms with Crippen LogP contribution in [0.2, 0.25) is 5.02 Å². The first-order valence-corrected chi connectivity index (χ1v) is 10.2. The molecule has 1 N–H and O–H groups in total. The van der Waals surface area contributed by atoms with Gasteiger partial charge in [0.05, 0.1) is 30.8 Å². The monoisotopic (exact) mass is 431 g/mol. The number of benzene rings is 2. The Kier molecular flexibility index (Phi) is 6.71. The van der Waals surface area contributed by atoms with Crippen molar-refractivity contribution in [2.75, 3.05) is 19.5 Å². The molecule has 0 radical (unpaired) electrons. The molecule has 1 unspecified atom stereocenters. The molecular formula is C21H22ClN3O3S. The lowest BCUT2D eigenvalue weighted by Crippen LogP contribution is -2.23. The van der Waals surface area contributed by atoms with Crippen molar-refractivity contribution in [3.63, 3.8) is 0 Å². The van der Waals surface area contributed by atoms with E-state index in [2.05, 4.69) is 10.3 Å². The number of nitrogens with one attached hydrogen (secondary N) is 1. The van der Waals surface area contributed by atoms with Crippen molar-refractivity contribution >= 4 is 35.0 Å². The van der Waals surface area contributed by atoms with Crippen molar-refractivity contribution in [1.29, 1.82) is 0 Å². The SMILES string of the molecule is COc1ccc(OC)c(NC(=O)C(C)Sc2nccn2-c2cccc(Cl)c2C)c1. The molecule has 6 nitrogen and oxygen atoms in total. The van der Waals surface area contributed by atoms with Crippen LogP contribution >= 0.6 is 23.4 Å². The number of amides is 1. The number of anilines is 1. The molecule has 1 amide bonds. The summed E-state index contributed by atoms with van der Waals surface area (Å²) in [6.07, 6.45) is 3.56. The van der Waals surface area contributed by atoms with Crippen LogP contribution in [0.4, 0.5) is 5.69 Å². The Bertz CT molecular complexity index is 1020. The minimum Gasteiger partial charge on any atom is -0.497 e. The van der Waals surface area contributed by atoms with E-state index in [4.69, 9.17) is 21.1 Å². The quantitative estimate of drug-likeness (QED) is 0.535. The Morgan fingerprint density at radius 2 is 2.03 bits per heavy atom. The molecule has 152 valence electrons. The van der Waals surface area contributed by atoms with Crippen LogP contribution in [-0.4, -0.2) is 34.9 Å². The van der Waals surface area contributed by atoms with Crippen molar-refractivity contribution in [3.05, 3.63) is 59.4 Å². The molecule has 0 bridgehead atoms. The fourth-order valence-electron chi connectivity index (χ4n) is 2.78. The second kappa shape index (κ2) is 9.24. The molecule has 0 aliphatic carbocycles. The normalized spacial score (nSPS) is 11.8. The van der Waals surface area contributed by atoms with Gasteiger partial charge in [-0.3, -0.25) is 9.36 Å². The minimum absolute atomic E-state index is 0.168. The smallest absolute Gasteiger partial charge is 0.237 e. The molecule has 2 aromatic carbocycles. The van der Waals surface area contributed by atoms with Gasteiger partial charge in [0.1, 0.15) is 11.5 Å². The van der Waals surface area contributed by atoms with Gasteiger partial charge in [-0.25, -0.2) is 4.98 Å². The van der Waals surface area contributed by atoms with Gasteiger partial charge in [-0.05, 0) is 43.7 Å². The van der Waals surface area contributed by atoms with Crippen LogP contribution in [0.15, 0.2) is 53.9 Å². The number of nitrogens with zero attached hydrogens (tertiary/aromatic N) is 2. The Labute approximate surface area is 179 Å². The molecule has 3 aromatic rings. The number of rotatable bonds is 7. The number of methoxy groups -OCH3 is 2. The van der Waals surface area contributed by atoms with Crippen LogP contribution in [-0.2, 0) is 4.79 Å². The van der Waals surface area contributed by atoms with E-state index in [1.54, 1.807) is 38.6 Å². The summed E-state index contributed by atoms with van der Waals surface area (Å²) in [4.78, 5) is 17.2. The summed E-state index contributed by atoms with van der Waals surface area (Å²) < 4.78 is 12.5. The minimum atomic E-state index is -0.397. The molecule has 0 spiro atoms. The molecule has 0 saturated heterocycles. The number of halogens is 1. The molecule has 1 atom stereocenters. The topological polar surface area (TPSA) is 65.4 Å². The maximum atomic E-state index is 12.8. The van der Waals surface area contributed by atoms with Crippen molar-refractivity contribution < 1.29 is 14.3 Å². The number of hydrogen-bond donors (Lipinski definition) is 1. The van der Waals surface area contributed by atoms with Gasteiger partial charge in [0.15, 0.2) is 5.16 Å². The highest BCUT2D eigenvalue weighted by atomic mass is 35.5. The van der Waals surface area contributed by atoms with E-state index in [9.17, 15) is 4.79 Å². The summed E-state index contributed by atoms with van der Waals surface area (Å²) in [5, 5.41) is 3.90. The second-order valence-corrected chi connectivity index (χ2v) is 7.99. The summed E-state index contributed by atoms with van der Waals surface area (Å²) in [5.74, 6) is 1.03. The standard InChI is InChI=1S/C21H22ClN3O3S/c1-13-16(22)6-5-7-18(13)25-11-10-23-21(25)29-14(2)20(26)24-17-12-15(27-3)8-9-19(17)28-4/h5-12,14H,1-4H3,(H,24,26). The van der Waals surface area contributed by atoms with Gasteiger partial charge >= 0.3 is 0 Å². The van der Waals surface area contributed by atoms with E-state index in [0.717, 1.165) is 11.3 Å². The molecule has 0 saturated carbocycles. The second-order valence-electron chi connectivity index (χ2n) is 6.28. The first kappa shape index (κ1) is 21.1. The van der Waals surface area contributed by atoms with Crippen LogP contribution in [0.25, 0.3) is 5.69 Å². The van der Waals surface area contributed by atoms with E-state index in [-0.39, 0.29) is 5.91 Å². The Morgan fingerprint density at radius 1 is 1.24 bits per heavy atom. The van der Waals surface area contributed by atoms with Crippen molar-refractivity contribution in [2.24, 2.45) is 0 Å². The predicted octanol–water partition coefficient (Wildman–Crippen LogP) is 4.97.